The molecule has 4 aromatic rings. The van der Waals surface area contributed by atoms with Crippen molar-refractivity contribution in [2.24, 2.45) is 5.10 Å². The van der Waals surface area contributed by atoms with Gasteiger partial charge in [0.25, 0.3) is 5.91 Å². The topological polar surface area (TPSA) is 88.0 Å². The summed E-state index contributed by atoms with van der Waals surface area (Å²) in [4.78, 5) is 24.8. The van der Waals surface area contributed by atoms with Crippen LogP contribution in [0.4, 0.5) is 0 Å². The number of carbonyl (C=O) groups is 2. The van der Waals surface area contributed by atoms with Gasteiger partial charge in [-0.3, -0.25) is 4.79 Å². The maximum absolute atomic E-state index is 12.6. The highest BCUT2D eigenvalue weighted by Gasteiger charge is 2.12. The number of fused-ring (bicyclic) bond motifs is 1. The Morgan fingerprint density at radius 3 is 2.38 bits per heavy atom. The number of halogens is 1. The summed E-state index contributed by atoms with van der Waals surface area (Å²) in [7, 11) is 0. The van der Waals surface area contributed by atoms with Gasteiger partial charge in [-0.25, -0.2) is 10.2 Å². The molecule has 0 spiro atoms. The molecule has 0 aliphatic carbocycles. The van der Waals surface area contributed by atoms with E-state index in [9.17, 15) is 14.7 Å². The van der Waals surface area contributed by atoms with Crippen molar-refractivity contribution in [1.29, 1.82) is 0 Å². The summed E-state index contributed by atoms with van der Waals surface area (Å²) in [6.07, 6.45) is 4.36. The number of carbonyl (C=O) groups excluding carboxylic acids is 2. The molecule has 6 nitrogen and oxygen atoms in total. The van der Waals surface area contributed by atoms with Crippen molar-refractivity contribution in [3.05, 3.63) is 112 Å². The number of nitrogens with zero attached hydrogens (tertiary/aromatic N) is 1. The first-order valence-corrected chi connectivity index (χ1v) is 11.1. The van der Waals surface area contributed by atoms with Crippen LogP contribution in [0.2, 0.25) is 0 Å². The maximum Gasteiger partial charge on any atom is 0.336 e. The zero-order valence-electron chi connectivity index (χ0n) is 17.8. The van der Waals surface area contributed by atoms with Crippen LogP contribution >= 0.6 is 15.9 Å². The number of phenolic OH excluding ortho intramolecular Hbond substituents is 1. The average molecular weight is 515 g/mol. The maximum atomic E-state index is 12.6. The summed E-state index contributed by atoms with van der Waals surface area (Å²) in [5.41, 5.74) is 3.84. The number of hydrogen-bond donors (Lipinski definition) is 2. The summed E-state index contributed by atoms with van der Waals surface area (Å²) in [6.45, 7) is 0. The molecule has 1 amide bonds. The van der Waals surface area contributed by atoms with E-state index >= 15 is 0 Å². The van der Waals surface area contributed by atoms with Crippen LogP contribution in [0.3, 0.4) is 0 Å². The second-order valence-electron chi connectivity index (χ2n) is 7.26. The molecule has 0 heterocycles. The van der Waals surface area contributed by atoms with Gasteiger partial charge in [0.1, 0.15) is 11.5 Å². The fraction of sp³-hybridized carbons (Fsp3) is 0. The second-order valence-corrected chi connectivity index (χ2v) is 8.18. The first-order valence-electron chi connectivity index (χ1n) is 10.3. The van der Waals surface area contributed by atoms with Crippen molar-refractivity contribution in [1.82, 2.24) is 5.43 Å². The monoisotopic (exact) mass is 514 g/mol. The Hall–Kier alpha value is -4.23. The molecule has 0 saturated heterocycles. The summed E-state index contributed by atoms with van der Waals surface area (Å²) < 4.78 is 6.18. The minimum absolute atomic E-state index is 0.0998. The van der Waals surface area contributed by atoms with Crippen molar-refractivity contribution < 1.29 is 19.4 Å². The van der Waals surface area contributed by atoms with Gasteiger partial charge in [-0.1, -0.05) is 70.5 Å². The fourth-order valence-electron chi connectivity index (χ4n) is 3.21. The minimum atomic E-state index is -0.571. The second kappa shape index (κ2) is 10.6. The number of amides is 1. The van der Waals surface area contributed by atoms with Gasteiger partial charge in [0.15, 0.2) is 0 Å². The molecule has 0 radical (unpaired) electrons. The van der Waals surface area contributed by atoms with Gasteiger partial charge in [-0.15, -0.1) is 0 Å². The first-order chi connectivity index (χ1) is 16.5. The van der Waals surface area contributed by atoms with E-state index < -0.39 is 11.9 Å². The highest BCUT2D eigenvalue weighted by atomic mass is 79.9. The third-order valence-corrected chi connectivity index (χ3v) is 5.37. The fourth-order valence-corrected chi connectivity index (χ4v) is 3.59. The molecule has 0 aliphatic heterocycles. The van der Waals surface area contributed by atoms with Crippen LogP contribution in [0.15, 0.2) is 101 Å². The van der Waals surface area contributed by atoms with Crippen molar-refractivity contribution in [2.45, 2.75) is 0 Å². The van der Waals surface area contributed by atoms with E-state index in [1.165, 1.54) is 18.4 Å². The molecule has 7 heteroatoms. The number of phenols is 1. The van der Waals surface area contributed by atoms with Gasteiger partial charge in [0.05, 0.1) is 11.8 Å². The standard InChI is InChI=1S/C27H19BrN2O4/c28-22-11-12-25(34-26(32)13-10-18-6-2-1-3-7-18)21(14-22)17-29-30-27(33)23-15-19-8-4-5-9-20(19)16-24(23)31/h1-17,31H,(H,30,33)/b13-10+,29-17-. The molecule has 0 aromatic heterocycles. The van der Waals surface area contributed by atoms with Crippen LogP contribution < -0.4 is 10.2 Å². The Balaban J connectivity index is 1.47. The molecule has 0 saturated carbocycles. The Bertz CT molecular complexity index is 1420. The SMILES string of the molecule is O=C(/C=C/c1ccccc1)Oc1ccc(Br)cc1/C=N\NC(=O)c1cc2ccccc2cc1O. The van der Waals surface area contributed by atoms with Crippen molar-refractivity contribution >= 4 is 50.9 Å². The van der Waals surface area contributed by atoms with Crippen LogP contribution in [-0.4, -0.2) is 23.2 Å². The quantitative estimate of drug-likeness (QED) is 0.114. The zero-order chi connectivity index (χ0) is 23.9. The Kier molecular flexibility index (Phi) is 7.15. The van der Waals surface area contributed by atoms with E-state index in [0.717, 1.165) is 20.8 Å². The lowest BCUT2D eigenvalue weighted by Gasteiger charge is -2.07. The van der Waals surface area contributed by atoms with E-state index in [0.29, 0.717) is 5.56 Å². The third-order valence-electron chi connectivity index (χ3n) is 4.87. The summed E-state index contributed by atoms with van der Waals surface area (Å²) in [5, 5.41) is 15.8. The predicted octanol–water partition coefficient (Wildman–Crippen LogP) is 5.69. The van der Waals surface area contributed by atoms with Gasteiger partial charge in [-0.2, -0.15) is 5.10 Å². The Morgan fingerprint density at radius 1 is 0.912 bits per heavy atom. The average Bonchev–Trinajstić information content (AvgIpc) is 2.84. The lowest BCUT2D eigenvalue weighted by atomic mass is 10.1. The summed E-state index contributed by atoms with van der Waals surface area (Å²) in [6, 6.07) is 25.0. The van der Waals surface area contributed by atoms with E-state index in [2.05, 4.69) is 26.5 Å². The predicted molar refractivity (Wildman–Crippen MR) is 136 cm³/mol. The molecule has 0 unspecified atom stereocenters. The van der Waals surface area contributed by atoms with Gasteiger partial charge in [0, 0.05) is 16.1 Å². The largest absolute Gasteiger partial charge is 0.507 e. The number of hydrogen-bond acceptors (Lipinski definition) is 5. The zero-order valence-corrected chi connectivity index (χ0v) is 19.4. The van der Waals surface area contributed by atoms with E-state index in [4.69, 9.17) is 4.74 Å². The van der Waals surface area contributed by atoms with Crippen molar-refractivity contribution in [2.75, 3.05) is 0 Å². The third kappa shape index (κ3) is 5.76. The van der Waals surface area contributed by atoms with Crippen molar-refractivity contribution in [3.8, 4) is 11.5 Å². The lowest BCUT2D eigenvalue weighted by Crippen LogP contribution is -2.18. The molecule has 0 aliphatic rings. The highest BCUT2D eigenvalue weighted by Crippen LogP contribution is 2.25. The molecule has 34 heavy (non-hydrogen) atoms. The minimum Gasteiger partial charge on any atom is -0.507 e. The molecular formula is C27H19BrN2O4. The molecular weight excluding hydrogens is 496 g/mol. The van der Waals surface area contributed by atoms with Crippen LogP contribution in [-0.2, 0) is 4.79 Å². The smallest absolute Gasteiger partial charge is 0.336 e. The number of rotatable bonds is 6. The number of hydrazone groups is 1. The van der Waals surface area contributed by atoms with Crippen LogP contribution in [0.1, 0.15) is 21.5 Å². The van der Waals surface area contributed by atoms with E-state index in [1.807, 2.05) is 54.6 Å². The van der Waals surface area contributed by atoms with E-state index in [1.54, 1.807) is 30.3 Å². The van der Waals surface area contributed by atoms with Crippen LogP contribution in [0, 0.1) is 0 Å². The van der Waals surface area contributed by atoms with Crippen LogP contribution in [0.5, 0.6) is 11.5 Å². The number of aromatic hydroxyl groups is 1. The first kappa shape index (κ1) is 22.9. The number of nitrogens with one attached hydrogen (secondary N) is 1. The van der Waals surface area contributed by atoms with Gasteiger partial charge in [-0.05, 0) is 52.7 Å². The van der Waals surface area contributed by atoms with Gasteiger partial charge < -0.3 is 9.84 Å². The summed E-state index contributed by atoms with van der Waals surface area (Å²) >= 11 is 3.38. The molecule has 4 aromatic carbocycles. The van der Waals surface area contributed by atoms with Gasteiger partial charge >= 0.3 is 5.97 Å². The molecule has 2 N–H and O–H groups in total. The summed E-state index contributed by atoms with van der Waals surface area (Å²) in [5.74, 6) is -0.990. The van der Waals surface area contributed by atoms with Crippen LogP contribution in [0.25, 0.3) is 16.8 Å². The van der Waals surface area contributed by atoms with Gasteiger partial charge in [0.2, 0.25) is 0 Å². The van der Waals surface area contributed by atoms with E-state index in [-0.39, 0.29) is 17.1 Å². The molecule has 0 atom stereocenters. The number of esters is 1. The Morgan fingerprint density at radius 2 is 1.62 bits per heavy atom. The molecule has 4 rings (SSSR count). The molecule has 168 valence electrons. The van der Waals surface area contributed by atoms with Crippen molar-refractivity contribution in [3.63, 3.8) is 0 Å². The molecule has 0 fully saturated rings. The highest BCUT2D eigenvalue weighted by molar-refractivity contribution is 9.10. The lowest BCUT2D eigenvalue weighted by molar-refractivity contribution is -0.128. The normalized spacial score (nSPS) is 11.2. The molecule has 0 bridgehead atoms. The number of benzene rings is 4. The Labute approximate surface area is 204 Å². The number of ether oxygens (including phenoxy) is 1.